The van der Waals surface area contributed by atoms with Crippen LogP contribution in [0.5, 0.6) is 0 Å². The van der Waals surface area contributed by atoms with Crippen molar-refractivity contribution in [1.82, 2.24) is 9.62 Å². The van der Waals surface area contributed by atoms with Crippen molar-refractivity contribution in [3.8, 4) is 0 Å². The van der Waals surface area contributed by atoms with Crippen LogP contribution in [0.15, 0.2) is 29.2 Å². The lowest BCUT2D eigenvalue weighted by Crippen LogP contribution is -2.30. The van der Waals surface area contributed by atoms with E-state index in [1.54, 1.807) is 24.3 Å². The Hall–Kier alpha value is -1.44. The Bertz CT molecular complexity index is 680. The van der Waals surface area contributed by atoms with Crippen molar-refractivity contribution in [2.24, 2.45) is 5.92 Å². The average molecular weight is 397 g/mol. The Kier molecular flexibility index (Phi) is 8.73. The van der Waals surface area contributed by atoms with Gasteiger partial charge in [0, 0.05) is 39.3 Å². The van der Waals surface area contributed by atoms with E-state index < -0.39 is 10.0 Å². The molecule has 0 atom stereocenters. The summed E-state index contributed by atoms with van der Waals surface area (Å²) in [6.07, 6.45) is 4.40. The first-order valence-corrected chi connectivity index (χ1v) is 11.3. The molecule has 1 aliphatic carbocycles. The van der Waals surface area contributed by atoms with E-state index in [1.807, 2.05) is 13.8 Å². The molecule has 0 saturated heterocycles. The van der Waals surface area contributed by atoms with E-state index in [0.29, 0.717) is 44.0 Å². The number of rotatable bonds is 13. The molecule has 152 valence electrons. The van der Waals surface area contributed by atoms with Gasteiger partial charge in [-0.15, -0.1) is 0 Å². The first-order valence-electron chi connectivity index (χ1n) is 9.90. The molecule has 0 heterocycles. The summed E-state index contributed by atoms with van der Waals surface area (Å²) >= 11 is 0. The van der Waals surface area contributed by atoms with Crippen LogP contribution in [0.25, 0.3) is 0 Å². The van der Waals surface area contributed by atoms with Crippen molar-refractivity contribution in [2.75, 3.05) is 32.8 Å². The fourth-order valence-corrected chi connectivity index (χ4v) is 4.28. The number of aryl methyl sites for hydroxylation is 1. The maximum Gasteiger partial charge on any atom is 0.243 e. The molecule has 1 aromatic carbocycles. The van der Waals surface area contributed by atoms with E-state index in [2.05, 4.69) is 5.32 Å². The molecule has 0 aliphatic heterocycles. The van der Waals surface area contributed by atoms with Gasteiger partial charge in [0.1, 0.15) is 0 Å². The third-order valence-corrected chi connectivity index (χ3v) is 6.81. The van der Waals surface area contributed by atoms with Crippen molar-refractivity contribution in [1.29, 1.82) is 0 Å². The van der Waals surface area contributed by atoms with E-state index in [1.165, 1.54) is 17.1 Å². The zero-order valence-electron chi connectivity index (χ0n) is 16.4. The van der Waals surface area contributed by atoms with Crippen LogP contribution < -0.4 is 5.32 Å². The molecule has 6 nitrogen and oxygen atoms in total. The molecule has 0 radical (unpaired) electrons. The van der Waals surface area contributed by atoms with Crippen LogP contribution in [0, 0.1) is 5.92 Å². The van der Waals surface area contributed by atoms with Crippen molar-refractivity contribution < 1.29 is 17.9 Å². The van der Waals surface area contributed by atoms with Crippen molar-refractivity contribution in [2.45, 2.75) is 50.8 Å². The Balaban J connectivity index is 1.68. The molecule has 2 rings (SSSR count). The normalized spacial score (nSPS) is 14.5. The molecule has 1 saturated carbocycles. The summed E-state index contributed by atoms with van der Waals surface area (Å²) in [6, 6.07) is 6.82. The largest absolute Gasteiger partial charge is 0.381 e. The van der Waals surface area contributed by atoms with E-state index >= 15 is 0 Å². The zero-order chi connectivity index (χ0) is 19.7. The molecular formula is C20H32N2O4S. The number of sulfonamides is 1. The summed E-state index contributed by atoms with van der Waals surface area (Å²) in [5.74, 6) is 0.782. The molecule has 0 bridgehead atoms. The van der Waals surface area contributed by atoms with Crippen molar-refractivity contribution >= 4 is 15.9 Å². The van der Waals surface area contributed by atoms with Gasteiger partial charge in [-0.1, -0.05) is 26.0 Å². The van der Waals surface area contributed by atoms with Gasteiger partial charge < -0.3 is 10.1 Å². The van der Waals surface area contributed by atoms with Gasteiger partial charge in [-0.2, -0.15) is 4.31 Å². The van der Waals surface area contributed by atoms with Gasteiger partial charge in [0.05, 0.1) is 4.90 Å². The Morgan fingerprint density at radius 1 is 1.19 bits per heavy atom. The predicted octanol–water partition coefficient (Wildman–Crippen LogP) is 2.58. The topological polar surface area (TPSA) is 75.7 Å². The highest BCUT2D eigenvalue weighted by Crippen LogP contribution is 2.28. The van der Waals surface area contributed by atoms with Gasteiger partial charge in [-0.05, 0) is 49.3 Å². The fraction of sp³-hybridized carbons (Fsp3) is 0.650. The van der Waals surface area contributed by atoms with Crippen LogP contribution in [0.4, 0.5) is 0 Å². The lowest BCUT2D eigenvalue weighted by Gasteiger charge is -2.18. The second-order valence-corrected chi connectivity index (χ2v) is 8.89. The van der Waals surface area contributed by atoms with Crippen LogP contribution in [0.2, 0.25) is 0 Å². The lowest BCUT2D eigenvalue weighted by atomic mass is 10.1. The predicted molar refractivity (Wildman–Crippen MR) is 106 cm³/mol. The summed E-state index contributed by atoms with van der Waals surface area (Å²) in [7, 11) is -3.43. The second-order valence-electron chi connectivity index (χ2n) is 6.96. The number of hydrogen-bond acceptors (Lipinski definition) is 4. The maximum absolute atomic E-state index is 12.5. The van der Waals surface area contributed by atoms with Gasteiger partial charge in [0.15, 0.2) is 0 Å². The van der Waals surface area contributed by atoms with E-state index in [0.717, 1.165) is 24.5 Å². The third-order valence-electron chi connectivity index (χ3n) is 4.75. The Morgan fingerprint density at radius 2 is 1.85 bits per heavy atom. The average Bonchev–Trinajstić information content (AvgIpc) is 3.48. The number of benzene rings is 1. The van der Waals surface area contributed by atoms with Crippen molar-refractivity contribution in [3.63, 3.8) is 0 Å². The van der Waals surface area contributed by atoms with Crippen LogP contribution in [0.1, 0.15) is 45.1 Å². The molecule has 1 aromatic rings. The van der Waals surface area contributed by atoms with Crippen LogP contribution in [-0.4, -0.2) is 51.5 Å². The van der Waals surface area contributed by atoms with Crippen LogP contribution in [-0.2, 0) is 26.0 Å². The minimum Gasteiger partial charge on any atom is -0.381 e. The van der Waals surface area contributed by atoms with E-state index in [4.69, 9.17) is 4.74 Å². The molecule has 1 amide bonds. The molecule has 1 N–H and O–H groups in total. The van der Waals surface area contributed by atoms with Crippen LogP contribution in [0.3, 0.4) is 0 Å². The van der Waals surface area contributed by atoms with Gasteiger partial charge in [-0.3, -0.25) is 4.79 Å². The van der Waals surface area contributed by atoms with Crippen molar-refractivity contribution in [3.05, 3.63) is 29.8 Å². The number of carbonyl (C=O) groups excluding carboxylic acids is 1. The van der Waals surface area contributed by atoms with Gasteiger partial charge in [-0.25, -0.2) is 8.42 Å². The number of nitrogens with one attached hydrogen (secondary N) is 1. The molecule has 1 fully saturated rings. The molecule has 0 unspecified atom stereocenters. The summed E-state index contributed by atoms with van der Waals surface area (Å²) in [4.78, 5) is 12.2. The molecule has 1 aliphatic rings. The summed E-state index contributed by atoms with van der Waals surface area (Å²) < 4.78 is 31.9. The summed E-state index contributed by atoms with van der Waals surface area (Å²) in [5, 5.41) is 2.90. The highest BCUT2D eigenvalue weighted by molar-refractivity contribution is 7.89. The van der Waals surface area contributed by atoms with Crippen LogP contribution >= 0.6 is 0 Å². The van der Waals surface area contributed by atoms with Gasteiger partial charge in [0.2, 0.25) is 15.9 Å². The molecule has 0 aromatic heterocycles. The van der Waals surface area contributed by atoms with E-state index in [9.17, 15) is 13.2 Å². The third kappa shape index (κ3) is 7.24. The molecular weight excluding hydrogens is 364 g/mol. The Morgan fingerprint density at radius 3 is 2.44 bits per heavy atom. The maximum atomic E-state index is 12.5. The zero-order valence-corrected chi connectivity index (χ0v) is 17.3. The van der Waals surface area contributed by atoms with Gasteiger partial charge >= 0.3 is 0 Å². The summed E-state index contributed by atoms with van der Waals surface area (Å²) in [5.41, 5.74) is 0.955. The number of ether oxygens (including phenoxy) is 1. The Labute approximate surface area is 163 Å². The standard InChI is InChI=1S/C20H32N2O4S/c1-3-22(4-2)27(24,25)19-11-8-17(9-12-19)10-13-20(23)21-14-5-15-26-16-18-6-7-18/h8-9,11-12,18H,3-7,10,13-16H2,1-2H3,(H,21,23). The first-order chi connectivity index (χ1) is 13.0. The number of hydrogen-bond donors (Lipinski definition) is 1. The van der Waals surface area contributed by atoms with E-state index in [-0.39, 0.29) is 5.91 Å². The lowest BCUT2D eigenvalue weighted by molar-refractivity contribution is -0.121. The summed E-state index contributed by atoms with van der Waals surface area (Å²) in [6.45, 7) is 6.73. The molecule has 7 heteroatoms. The van der Waals surface area contributed by atoms with Gasteiger partial charge in [0.25, 0.3) is 0 Å². The number of nitrogens with zero attached hydrogens (tertiary/aromatic N) is 1. The SMILES string of the molecule is CCN(CC)S(=O)(=O)c1ccc(CCC(=O)NCCCOCC2CC2)cc1. The fourth-order valence-electron chi connectivity index (χ4n) is 2.82. The molecule has 0 spiro atoms. The molecule has 27 heavy (non-hydrogen) atoms. The first kappa shape index (κ1) is 21.9. The minimum absolute atomic E-state index is 0.0111. The quantitative estimate of drug-likeness (QED) is 0.520. The second kappa shape index (κ2) is 10.8. The number of amides is 1. The minimum atomic E-state index is -3.43. The monoisotopic (exact) mass is 396 g/mol. The number of carbonyl (C=O) groups is 1. The highest BCUT2D eigenvalue weighted by Gasteiger charge is 2.21. The highest BCUT2D eigenvalue weighted by atomic mass is 32.2. The smallest absolute Gasteiger partial charge is 0.243 e.